The molecular weight excluding hydrogens is 264 g/mol. The molecule has 2 bridgehead atoms. The van der Waals surface area contributed by atoms with Gasteiger partial charge in [-0.2, -0.15) is 0 Å². The quantitative estimate of drug-likeness (QED) is 0.843. The van der Waals surface area contributed by atoms with E-state index in [4.69, 9.17) is 0 Å². The van der Waals surface area contributed by atoms with Crippen LogP contribution in [0.4, 0.5) is 11.4 Å². The molecule has 2 fully saturated rings. The Bertz CT molecular complexity index is 608. The molecule has 1 unspecified atom stereocenters. The smallest absolute Gasteiger partial charge is 0.233 e. The first kappa shape index (κ1) is 12.9. The lowest BCUT2D eigenvalue weighted by Crippen LogP contribution is -2.36. The maximum absolute atomic E-state index is 12.7. The Balaban J connectivity index is 1.66. The number of fused-ring (bicyclic) bond motifs is 5. The van der Waals surface area contributed by atoms with Gasteiger partial charge in [-0.15, -0.1) is 0 Å². The second-order valence-corrected chi connectivity index (χ2v) is 6.58. The van der Waals surface area contributed by atoms with E-state index in [1.807, 2.05) is 43.3 Å². The number of aliphatic hydroxyl groups excluding tert-OH is 1. The summed E-state index contributed by atoms with van der Waals surface area (Å²) in [6.07, 6.45) is 4.69. The molecule has 1 aromatic carbocycles. The number of allylic oxidation sites excluding steroid dienone is 2. The van der Waals surface area contributed by atoms with Crippen molar-refractivity contribution in [3.8, 4) is 0 Å². The lowest BCUT2D eigenvalue weighted by Gasteiger charge is -2.25. The molecule has 1 amide bonds. The van der Waals surface area contributed by atoms with Crippen LogP contribution in [-0.4, -0.2) is 31.3 Å². The molecule has 1 heterocycles. The number of nitrogens with zero attached hydrogens (tertiary/aromatic N) is 2. The number of anilines is 2. The van der Waals surface area contributed by atoms with Crippen molar-refractivity contribution in [2.24, 2.45) is 23.7 Å². The van der Waals surface area contributed by atoms with Gasteiger partial charge in [0.05, 0.1) is 5.92 Å². The Morgan fingerprint density at radius 3 is 2.43 bits per heavy atom. The Morgan fingerprint density at radius 1 is 1.14 bits per heavy atom. The number of hydrogen-bond acceptors (Lipinski definition) is 3. The largest absolute Gasteiger partial charge is 0.378 e. The van der Waals surface area contributed by atoms with Crippen LogP contribution in [0.25, 0.3) is 0 Å². The van der Waals surface area contributed by atoms with Gasteiger partial charge < -0.3 is 10.0 Å². The van der Waals surface area contributed by atoms with E-state index in [0.29, 0.717) is 11.8 Å². The van der Waals surface area contributed by atoms with Crippen molar-refractivity contribution in [3.63, 3.8) is 0 Å². The molecule has 21 heavy (non-hydrogen) atoms. The van der Waals surface area contributed by atoms with Crippen LogP contribution in [0, 0.1) is 23.7 Å². The van der Waals surface area contributed by atoms with Crippen LogP contribution in [-0.2, 0) is 4.79 Å². The zero-order chi connectivity index (χ0) is 14.7. The van der Waals surface area contributed by atoms with Gasteiger partial charge >= 0.3 is 0 Å². The third kappa shape index (κ3) is 1.69. The molecule has 1 aliphatic heterocycles. The maximum atomic E-state index is 12.7. The van der Waals surface area contributed by atoms with Crippen LogP contribution < -0.4 is 9.80 Å². The number of carbonyl (C=O) groups is 1. The van der Waals surface area contributed by atoms with E-state index in [-0.39, 0.29) is 17.7 Å². The molecule has 2 aliphatic carbocycles. The fraction of sp³-hybridized carbons (Fsp3) is 0.471. The average Bonchev–Trinajstić information content (AvgIpc) is 3.13. The first-order valence-electron chi connectivity index (χ1n) is 7.55. The summed E-state index contributed by atoms with van der Waals surface area (Å²) in [6.45, 7) is 0. The van der Waals surface area contributed by atoms with Crippen molar-refractivity contribution in [1.29, 1.82) is 0 Å². The standard InChI is InChI=1S/C17H20N2O2/c1-18(2)12-5-7-13(8-6-12)19-16(20)14-10-3-4-11(9-10)15(14)17(19)21/h3-8,10-11,14-16,20H,9H2,1-2H3/t10-,11+,14-,15+,16?/m0/s1. The average molecular weight is 284 g/mol. The van der Waals surface area contributed by atoms with Gasteiger partial charge in [0.1, 0.15) is 6.23 Å². The van der Waals surface area contributed by atoms with E-state index in [2.05, 4.69) is 12.2 Å². The Morgan fingerprint density at radius 2 is 1.81 bits per heavy atom. The van der Waals surface area contributed by atoms with Crippen molar-refractivity contribution in [2.75, 3.05) is 23.9 Å². The van der Waals surface area contributed by atoms with Crippen LogP contribution in [0.2, 0.25) is 0 Å². The molecule has 110 valence electrons. The van der Waals surface area contributed by atoms with E-state index in [1.165, 1.54) is 0 Å². The normalized spacial score (nSPS) is 36.4. The van der Waals surface area contributed by atoms with Crippen LogP contribution in [0.3, 0.4) is 0 Å². The number of benzene rings is 1. The topological polar surface area (TPSA) is 43.8 Å². The summed E-state index contributed by atoms with van der Waals surface area (Å²) in [5.74, 6) is 0.824. The summed E-state index contributed by atoms with van der Waals surface area (Å²) in [5.41, 5.74) is 1.88. The van der Waals surface area contributed by atoms with Crippen molar-refractivity contribution >= 4 is 17.3 Å². The zero-order valence-corrected chi connectivity index (χ0v) is 12.3. The second-order valence-electron chi connectivity index (χ2n) is 6.58. The highest BCUT2D eigenvalue weighted by Gasteiger charge is 2.59. The molecule has 1 saturated heterocycles. The number of rotatable bonds is 2. The molecule has 1 aromatic rings. The molecular formula is C17H20N2O2. The van der Waals surface area contributed by atoms with Crippen LogP contribution in [0.5, 0.6) is 0 Å². The van der Waals surface area contributed by atoms with Gasteiger partial charge in [0.15, 0.2) is 0 Å². The van der Waals surface area contributed by atoms with Gasteiger partial charge in [-0.1, -0.05) is 12.2 Å². The molecule has 0 aromatic heterocycles. The van der Waals surface area contributed by atoms with Crippen LogP contribution in [0.1, 0.15) is 6.42 Å². The predicted octanol–water partition coefficient (Wildman–Crippen LogP) is 1.86. The van der Waals surface area contributed by atoms with E-state index >= 15 is 0 Å². The maximum Gasteiger partial charge on any atom is 0.233 e. The second kappa shape index (κ2) is 4.34. The molecule has 4 heteroatoms. The molecule has 1 saturated carbocycles. The van der Waals surface area contributed by atoms with Crippen LogP contribution >= 0.6 is 0 Å². The molecule has 0 radical (unpaired) electrons. The van der Waals surface area contributed by atoms with E-state index in [1.54, 1.807) is 4.90 Å². The van der Waals surface area contributed by atoms with Crippen molar-refractivity contribution in [2.45, 2.75) is 12.6 Å². The van der Waals surface area contributed by atoms with Crippen LogP contribution in [0.15, 0.2) is 36.4 Å². The predicted molar refractivity (Wildman–Crippen MR) is 82.0 cm³/mol. The van der Waals surface area contributed by atoms with E-state index < -0.39 is 6.23 Å². The van der Waals surface area contributed by atoms with E-state index in [9.17, 15) is 9.90 Å². The molecule has 1 N–H and O–H groups in total. The Kier molecular flexibility index (Phi) is 2.67. The fourth-order valence-electron chi connectivity index (χ4n) is 4.27. The molecule has 0 spiro atoms. The third-order valence-electron chi connectivity index (χ3n) is 5.30. The minimum Gasteiger partial charge on any atom is -0.378 e. The third-order valence-corrected chi connectivity index (χ3v) is 5.30. The van der Waals surface area contributed by atoms with Gasteiger partial charge in [-0.3, -0.25) is 9.69 Å². The van der Waals surface area contributed by atoms with Gasteiger partial charge in [-0.25, -0.2) is 0 Å². The summed E-state index contributed by atoms with van der Waals surface area (Å²) >= 11 is 0. The van der Waals surface area contributed by atoms with Gasteiger partial charge in [0.2, 0.25) is 5.91 Å². The lowest BCUT2D eigenvalue weighted by atomic mass is 9.85. The fourth-order valence-corrected chi connectivity index (χ4v) is 4.27. The first-order chi connectivity index (χ1) is 10.1. The number of amides is 1. The highest BCUT2D eigenvalue weighted by atomic mass is 16.3. The minimum atomic E-state index is -0.687. The lowest BCUT2D eigenvalue weighted by molar-refractivity contribution is -0.121. The van der Waals surface area contributed by atoms with Crippen molar-refractivity contribution in [1.82, 2.24) is 0 Å². The van der Waals surface area contributed by atoms with Gasteiger partial charge in [0.25, 0.3) is 0 Å². The number of aliphatic hydroxyl groups is 1. The Labute approximate surface area is 124 Å². The highest BCUT2D eigenvalue weighted by Crippen LogP contribution is 2.54. The monoisotopic (exact) mass is 284 g/mol. The molecule has 4 nitrogen and oxygen atoms in total. The molecule has 4 rings (SSSR count). The zero-order valence-electron chi connectivity index (χ0n) is 12.3. The Hall–Kier alpha value is -1.81. The minimum absolute atomic E-state index is 0.0245. The van der Waals surface area contributed by atoms with E-state index in [0.717, 1.165) is 17.8 Å². The van der Waals surface area contributed by atoms with Gasteiger partial charge in [0, 0.05) is 31.4 Å². The van der Waals surface area contributed by atoms with Gasteiger partial charge in [-0.05, 0) is 42.5 Å². The first-order valence-corrected chi connectivity index (χ1v) is 7.55. The van der Waals surface area contributed by atoms with Crippen molar-refractivity contribution < 1.29 is 9.90 Å². The summed E-state index contributed by atoms with van der Waals surface area (Å²) in [5, 5.41) is 10.6. The summed E-state index contributed by atoms with van der Waals surface area (Å²) in [6, 6.07) is 7.81. The highest BCUT2D eigenvalue weighted by molar-refractivity contribution is 5.99. The number of hydrogen-bond donors (Lipinski definition) is 1. The molecule has 3 aliphatic rings. The SMILES string of the molecule is CN(C)c1ccc(N2C(=O)[C@H]3[C@@H](C2O)[C@H]2C=C[C@@H]3C2)cc1. The molecule has 5 atom stereocenters. The summed E-state index contributed by atoms with van der Waals surface area (Å²) < 4.78 is 0. The number of carbonyl (C=O) groups excluding carboxylic acids is 1. The van der Waals surface area contributed by atoms with Crippen molar-refractivity contribution in [3.05, 3.63) is 36.4 Å². The summed E-state index contributed by atoms with van der Waals surface area (Å²) in [4.78, 5) is 16.3. The summed E-state index contributed by atoms with van der Waals surface area (Å²) in [7, 11) is 3.97.